The van der Waals surface area contributed by atoms with Crippen LogP contribution in [0.25, 0.3) is 11.0 Å². The number of hydrogen-bond acceptors (Lipinski definition) is 11. The lowest BCUT2D eigenvalue weighted by molar-refractivity contribution is -0.217. The predicted octanol–water partition coefficient (Wildman–Crippen LogP) is 5.32. The van der Waals surface area contributed by atoms with Crippen LogP contribution in [0.15, 0.2) is 21.3 Å². The summed E-state index contributed by atoms with van der Waals surface area (Å²) in [6.45, 7) is 17.7. The van der Waals surface area contributed by atoms with Gasteiger partial charge in [0.25, 0.3) is 0 Å². The maximum absolute atomic E-state index is 14.5. The van der Waals surface area contributed by atoms with Gasteiger partial charge in [0.1, 0.15) is 16.9 Å². The van der Waals surface area contributed by atoms with Gasteiger partial charge >= 0.3 is 29.5 Å². The normalized spacial score (nSPS) is 36.8. The van der Waals surface area contributed by atoms with E-state index in [-0.39, 0.29) is 29.7 Å². The first-order valence-corrected chi connectivity index (χ1v) is 16.3. The highest BCUT2D eigenvalue weighted by Crippen LogP contribution is 2.67. The molecule has 252 valence electrons. The van der Waals surface area contributed by atoms with E-state index in [1.165, 1.54) is 0 Å². The first-order chi connectivity index (χ1) is 21.6. The molecule has 4 fully saturated rings. The lowest BCUT2D eigenvalue weighted by Gasteiger charge is -2.45. The van der Waals surface area contributed by atoms with Crippen LogP contribution >= 0.6 is 0 Å². The zero-order chi connectivity index (χ0) is 34.5. The van der Waals surface area contributed by atoms with Gasteiger partial charge in [-0.2, -0.15) is 0 Å². The second-order valence-corrected chi connectivity index (χ2v) is 16.2. The van der Waals surface area contributed by atoms with Gasteiger partial charge in [-0.25, -0.2) is 14.4 Å². The molecule has 11 heteroatoms. The van der Waals surface area contributed by atoms with Gasteiger partial charge in [0.2, 0.25) is 11.2 Å². The highest BCUT2D eigenvalue weighted by molar-refractivity contribution is 5.95. The molecular weight excluding hydrogens is 608 g/mol. The van der Waals surface area contributed by atoms with Crippen molar-refractivity contribution in [3.8, 4) is 5.75 Å². The Balaban J connectivity index is 1.38. The molecule has 2 saturated carbocycles. The standard InChI is InChI=1S/C36H42O11/c1-17-18(2)25(37)42-22-19(17)11-12-20-21(22)23(43-28(40)35-15-13-33(9,26(38)46-35)31(35,5)6)24(30(3,4)45-20)44-29(41)36-16-14-34(10,27(39)47-36)32(36,7)8/h11-12,23-24H,13-16H2,1-10H3/t23-,24-,33+,34+,35-,36-/m1/s1. The molecule has 4 heterocycles. The quantitative estimate of drug-likeness (QED) is 0.241. The molecule has 0 spiro atoms. The Kier molecular flexibility index (Phi) is 6.04. The summed E-state index contributed by atoms with van der Waals surface area (Å²) >= 11 is 0. The highest BCUT2D eigenvalue weighted by atomic mass is 16.7. The lowest BCUT2D eigenvalue weighted by atomic mass is 9.66. The van der Waals surface area contributed by atoms with Crippen LogP contribution in [-0.2, 0) is 38.1 Å². The Morgan fingerprint density at radius 2 is 1.21 bits per heavy atom. The van der Waals surface area contributed by atoms with E-state index in [1.807, 2.05) is 27.7 Å². The Bertz CT molecular complexity index is 1880. The zero-order valence-corrected chi connectivity index (χ0v) is 28.6. The zero-order valence-electron chi connectivity index (χ0n) is 28.6. The number of rotatable bonds is 4. The second-order valence-electron chi connectivity index (χ2n) is 16.2. The molecule has 2 aliphatic carbocycles. The summed E-state index contributed by atoms with van der Waals surface area (Å²) in [7, 11) is 0. The molecule has 2 aromatic rings. The van der Waals surface area contributed by atoms with Crippen molar-refractivity contribution in [1.29, 1.82) is 0 Å². The van der Waals surface area contributed by atoms with Crippen molar-refractivity contribution in [3.05, 3.63) is 39.2 Å². The average Bonchev–Trinajstić information content (AvgIpc) is 3.45. The van der Waals surface area contributed by atoms with Crippen LogP contribution < -0.4 is 10.4 Å². The molecule has 1 aromatic heterocycles. The van der Waals surface area contributed by atoms with Crippen molar-refractivity contribution < 1.29 is 47.3 Å². The van der Waals surface area contributed by atoms with Crippen molar-refractivity contribution in [2.45, 2.75) is 124 Å². The molecule has 7 rings (SSSR count). The fraction of sp³-hybridized carbons (Fsp3) is 0.639. The summed E-state index contributed by atoms with van der Waals surface area (Å²) in [5.74, 6) is -2.25. The van der Waals surface area contributed by atoms with Crippen LogP contribution in [0.4, 0.5) is 0 Å². The Labute approximate surface area is 272 Å². The highest BCUT2D eigenvalue weighted by Gasteiger charge is 2.78. The number of esters is 4. The smallest absolute Gasteiger partial charge is 0.351 e. The number of fused-ring (bicyclic) bond motifs is 7. The van der Waals surface area contributed by atoms with Crippen molar-refractivity contribution in [3.63, 3.8) is 0 Å². The average molecular weight is 651 g/mol. The largest absolute Gasteiger partial charge is 0.483 e. The van der Waals surface area contributed by atoms with E-state index in [0.717, 1.165) is 0 Å². The van der Waals surface area contributed by atoms with Crippen LogP contribution in [0.2, 0.25) is 0 Å². The van der Waals surface area contributed by atoms with Gasteiger partial charge in [-0.05, 0) is 84.9 Å². The van der Waals surface area contributed by atoms with E-state index in [4.69, 9.17) is 28.1 Å². The Hall–Kier alpha value is -3.89. The molecule has 11 nitrogen and oxygen atoms in total. The summed E-state index contributed by atoms with van der Waals surface area (Å²) in [5, 5.41) is 0.588. The van der Waals surface area contributed by atoms with Crippen LogP contribution in [0.3, 0.4) is 0 Å². The summed E-state index contributed by atoms with van der Waals surface area (Å²) < 4.78 is 36.7. The minimum atomic E-state index is -1.59. The third kappa shape index (κ3) is 3.45. The van der Waals surface area contributed by atoms with E-state index in [1.54, 1.807) is 53.7 Å². The molecule has 0 N–H and O–H groups in total. The fourth-order valence-corrected chi connectivity index (χ4v) is 8.88. The summed E-state index contributed by atoms with van der Waals surface area (Å²) in [6.07, 6.45) is -1.28. The van der Waals surface area contributed by atoms with Crippen molar-refractivity contribution in [2.24, 2.45) is 21.7 Å². The third-order valence-electron chi connectivity index (χ3n) is 13.5. The maximum atomic E-state index is 14.5. The summed E-state index contributed by atoms with van der Waals surface area (Å²) in [6, 6.07) is 3.47. The second kappa shape index (κ2) is 8.96. The lowest BCUT2D eigenvalue weighted by Crippen LogP contribution is -2.57. The van der Waals surface area contributed by atoms with Crippen LogP contribution in [0, 0.1) is 35.5 Å². The molecule has 0 amide bonds. The Morgan fingerprint density at radius 1 is 0.702 bits per heavy atom. The van der Waals surface area contributed by atoms with Crippen molar-refractivity contribution in [1.82, 2.24) is 0 Å². The number of benzene rings is 1. The minimum Gasteiger partial charge on any atom is -0.483 e. The molecule has 3 aliphatic heterocycles. The molecular formula is C36H42O11. The van der Waals surface area contributed by atoms with E-state index in [9.17, 15) is 24.0 Å². The first kappa shape index (κ1) is 31.7. The number of ether oxygens (including phenoxy) is 5. The number of carbonyl (C=O) groups is 4. The van der Waals surface area contributed by atoms with Crippen molar-refractivity contribution in [2.75, 3.05) is 0 Å². The van der Waals surface area contributed by atoms with Crippen LogP contribution in [-0.4, -0.2) is 46.8 Å². The minimum absolute atomic E-state index is 0.126. The molecule has 2 saturated heterocycles. The van der Waals surface area contributed by atoms with E-state index >= 15 is 0 Å². The molecule has 47 heavy (non-hydrogen) atoms. The Morgan fingerprint density at radius 3 is 1.68 bits per heavy atom. The van der Waals surface area contributed by atoms with Crippen LogP contribution in [0.1, 0.15) is 104 Å². The number of aryl methyl sites for hydroxylation is 1. The van der Waals surface area contributed by atoms with Gasteiger partial charge in [0, 0.05) is 21.8 Å². The molecule has 0 radical (unpaired) electrons. The molecule has 6 atom stereocenters. The van der Waals surface area contributed by atoms with Gasteiger partial charge in [-0.15, -0.1) is 0 Å². The van der Waals surface area contributed by atoms with E-state index in [0.29, 0.717) is 29.4 Å². The van der Waals surface area contributed by atoms with E-state index < -0.39 is 80.2 Å². The first-order valence-electron chi connectivity index (χ1n) is 16.3. The number of carbonyl (C=O) groups excluding carboxylic acids is 4. The van der Waals surface area contributed by atoms with Gasteiger partial charge in [-0.3, -0.25) is 9.59 Å². The topological polar surface area (TPSA) is 145 Å². The monoisotopic (exact) mass is 650 g/mol. The summed E-state index contributed by atoms with van der Waals surface area (Å²) in [5.41, 5.74) is -7.21. The summed E-state index contributed by atoms with van der Waals surface area (Å²) in [4.78, 5) is 68.0. The third-order valence-corrected chi connectivity index (χ3v) is 13.5. The van der Waals surface area contributed by atoms with Crippen LogP contribution in [0.5, 0.6) is 5.75 Å². The number of hydrogen-bond donors (Lipinski definition) is 0. The van der Waals surface area contributed by atoms with Gasteiger partial charge < -0.3 is 28.1 Å². The molecule has 0 unspecified atom stereocenters. The van der Waals surface area contributed by atoms with Crippen molar-refractivity contribution >= 4 is 34.8 Å². The molecule has 4 bridgehead atoms. The predicted molar refractivity (Wildman–Crippen MR) is 165 cm³/mol. The van der Waals surface area contributed by atoms with Gasteiger partial charge in [0.05, 0.1) is 16.4 Å². The van der Waals surface area contributed by atoms with Gasteiger partial charge in [-0.1, -0.05) is 27.7 Å². The molecule has 5 aliphatic rings. The SMILES string of the molecule is Cc1c(C)c2ccc3c(c2oc1=O)[C@@H](OC(=O)[C@@]12CC[C@@](C)(C(=O)O1)C2(C)C)[C@@H](OC(=O)[C@@]12CC[C@@](C)(C(=O)O1)C2(C)C)C(C)(C)O3. The van der Waals surface area contributed by atoms with Gasteiger partial charge in [0.15, 0.2) is 12.2 Å². The van der Waals surface area contributed by atoms with E-state index in [2.05, 4.69) is 0 Å². The maximum Gasteiger partial charge on any atom is 0.351 e. The molecule has 1 aromatic carbocycles. The fourth-order valence-electron chi connectivity index (χ4n) is 8.88.